The van der Waals surface area contributed by atoms with E-state index in [-0.39, 0.29) is 18.0 Å². The first-order valence-corrected chi connectivity index (χ1v) is 6.34. The van der Waals surface area contributed by atoms with E-state index in [1.165, 1.54) is 12.1 Å². The Hall–Kier alpha value is -1.01. The van der Waals surface area contributed by atoms with Gasteiger partial charge in [0.05, 0.1) is 38.6 Å². The van der Waals surface area contributed by atoms with E-state index in [2.05, 4.69) is 0 Å². The predicted octanol–water partition coefficient (Wildman–Crippen LogP) is 1.89. The van der Waals surface area contributed by atoms with Crippen molar-refractivity contribution >= 4 is 0 Å². The van der Waals surface area contributed by atoms with E-state index in [0.717, 1.165) is 5.56 Å². The fourth-order valence-corrected chi connectivity index (χ4v) is 1.60. The van der Waals surface area contributed by atoms with Gasteiger partial charge in [-0.3, -0.25) is 0 Å². The highest BCUT2D eigenvalue weighted by Crippen LogP contribution is 2.16. The molecule has 5 heteroatoms. The minimum Gasteiger partial charge on any atom is -0.382 e. The molecule has 0 amide bonds. The third-order valence-corrected chi connectivity index (χ3v) is 2.80. The number of halogens is 1. The Kier molecular flexibility index (Phi) is 7.59. The molecule has 4 nitrogen and oxygen atoms in total. The molecule has 1 rings (SSSR count). The highest BCUT2D eigenvalue weighted by atomic mass is 19.1. The van der Waals surface area contributed by atoms with Gasteiger partial charge in [0.25, 0.3) is 0 Å². The highest BCUT2D eigenvalue weighted by Gasteiger charge is 2.15. The Bertz CT molecular complexity index is 345. The minimum absolute atomic E-state index is 0.156. The van der Waals surface area contributed by atoms with E-state index in [1.54, 1.807) is 19.2 Å². The van der Waals surface area contributed by atoms with Crippen LogP contribution in [0.4, 0.5) is 4.39 Å². The largest absolute Gasteiger partial charge is 0.382 e. The molecule has 0 aliphatic carbocycles. The Labute approximate surface area is 113 Å². The summed E-state index contributed by atoms with van der Waals surface area (Å²) in [6, 6.07) is 5.87. The molecule has 2 unspecified atom stereocenters. The van der Waals surface area contributed by atoms with E-state index in [4.69, 9.17) is 19.9 Å². The zero-order valence-electron chi connectivity index (χ0n) is 11.5. The minimum atomic E-state index is -0.278. The molecular formula is C14H22FNO3. The van der Waals surface area contributed by atoms with Gasteiger partial charge in [0, 0.05) is 7.11 Å². The van der Waals surface area contributed by atoms with Crippen molar-refractivity contribution in [1.82, 2.24) is 0 Å². The van der Waals surface area contributed by atoms with Crippen LogP contribution >= 0.6 is 0 Å². The van der Waals surface area contributed by atoms with E-state index in [9.17, 15) is 4.39 Å². The summed E-state index contributed by atoms with van der Waals surface area (Å²) < 4.78 is 28.5. The summed E-state index contributed by atoms with van der Waals surface area (Å²) in [7, 11) is 1.63. The molecular weight excluding hydrogens is 249 g/mol. The van der Waals surface area contributed by atoms with E-state index in [1.807, 2.05) is 6.92 Å². The van der Waals surface area contributed by atoms with Gasteiger partial charge in [-0.2, -0.15) is 0 Å². The maximum absolute atomic E-state index is 12.8. The van der Waals surface area contributed by atoms with Crippen molar-refractivity contribution < 1.29 is 18.6 Å². The van der Waals surface area contributed by atoms with Crippen LogP contribution in [-0.2, 0) is 14.2 Å². The summed E-state index contributed by atoms with van der Waals surface area (Å²) in [5, 5.41) is 0. The molecule has 0 saturated heterocycles. The third kappa shape index (κ3) is 6.11. The first kappa shape index (κ1) is 16.0. The van der Waals surface area contributed by atoms with Crippen molar-refractivity contribution in [2.24, 2.45) is 5.73 Å². The quantitative estimate of drug-likeness (QED) is 0.697. The van der Waals surface area contributed by atoms with Crippen LogP contribution in [0.2, 0.25) is 0 Å². The number of ether oxygens (including phenoxy) is 3. The molecule has 0 radical (unpaired) electrons. The second-order valence-corrected chi connectivity index (χ2v) is 4.26. The second-order valence-electron chi connectivity index (χ2n) is 4.26. The number of hydrogen-bond donors (Lipinski definition) is 1. The molecule has 2 N–H and O–H groups in total. The van der Waals surface area contributed by atoms with Crippen LogP contribution in [-0.4, -0.2) is 39.6 Å². The topological polar surface area (TPSA) is 53.7 Å². The number of methoxy groups -OCH3 is 1. The molecule has 0 aliphatic rings. The Morgan fingerprint density at radius 3 is 2.37 bits per heavy atom. The van der Waals surface area contributed by atoms with Crippen LogP contribution in [0.1, 0.15) is 18.5 Å². The van der Waals surface area contributed by atoms with Gasteiger partial charge in [0.15, 0.2) is 0 Å². The van der Waals surface area contributed by atoms with Crippen molar-refractivity contribution in [2.75, 3.05) is 33.5 Å². The number of rotatable bonds is 9. The molecule has 0 bridgehead atoms. The van der Waals surface area contributed by atoms with Crippen molar-refractivity contribution in [3.05, 3.63) is 35.6 Å². The number of hydrogen-bond acceptors (Lipinski definition) is 4. The molecule has 0 aromatic heterocycles. The van der Waals surface area contributed by atoms with Gasteiger partial charge < -0.3 is 19.9 Å². The molecule has 108 valence electrons. The lowest BCUT2D eigenvalue weighted by Crippen LogP contribution is -2.27. The molecule has 19 heavy (non-hydrogen) atoms. The summed E-state index contributed by atoms with van der Waals surface area (Å²) in [6.07, 6.45) is -0.156. The van der Waals surface area contributed by atoms with Crippen molar-refractivity contribution in [3.63, 3.8) is 0 Å². The van der Waals surface area contributed by atoms with Gasteiger partial charge in [0.2, 0.25) is 0 Å². The van der Waals surface area contributed by atoms with Gasteiger partial charge in [-0.15, -0.1) is 0 Å². The lowest BCUT2D eigenvalue weighted by molar-refractivity contribution is -0.00842. The van der Waals surface area contributed by atoms with Gasteiger partial charge in [-0.25, -0.2) is 4.39 Å². The summed E-state index contributed by atoms with van der Waals surface area (Å²) in [5.74, 6) is -0.268. The van der Waals surface area contributed by atoms with Crippen molar-refractivity contribution in [3.8, 4) is 0 Å². The van der Waals surface area contributed by atoms with Crippen LogP contribution in [0.25, 0.3) is 0 Å². The fourth-order valence-electron chi connectivity index (χ4n) is 1.60. The zero-order chi connectivity index (χ0) is 14.1. The lowest BCUT2D eigenvalue weighted by Gasteiger charge is -2.21. The zero-order valence-corrected chi connectivity index (χ0v) is 11.5. The third-order valence-electron chi connectivity index (χ3n) is 2.80. The SMILES string of the molecule is COCCOCCOC(C)C(N)c1ccc(F)cc1. The summed E-state index contributed by atoms with van der Waals surface area (Å²) >= 11 is 0. The average Bonchev–Trinajstić information content (AvgIpc) is 2.42. The smallest absolute Gasteiger partial charge is 0.123 e. The summed E-state index contributed by atoms with van der Waals surface area (Å²) in [5.41, 5.74) is 6.90. The first-order chi connectivity index (χ1) is 9.15. The normalized spacial score (nSPS) is 14.3. The van der Waals surface area contributed by atoms with Gasteiger partial charge in [0.1, 0.15) is 5.82 Å². The van der Waals surface area contributed by atoms with E-state index < -0.39 is 0 Å². The molecule has 1 aromatic carbocycles. The molecule has 0 spiro atoms. The standard InChI is InChI=1S/C14H22FNO3/c1-11(19-10-9-18-8-7-17-2)14(16)12-3-5-13(15)6-4-12/h3-6,11,14H,7-10,16H2,1-2H3. The maximum atomic E-state index is 12.8. The Morgan fingerprint density at radius 1 is 1.11 bits per heavy atom. The second kappa shape index (κ2) is 8.98. The Morgan fingerprint density at radius 2 is 1.74 bits per heavy atom. The monoisotopic (exact) mass is 271 g/mol. The van der Waals surface area contributed by atoms with Gasteiger partial charge in [-0.05, 0) is 24.6 Å². The van der Waals surface area contributed by atoms with Crippen molar-refractivity contribution in [2.45, 2.75) is 19.1 Å². The highest BCUT2D eigenvalue weighted by molar-refractivity contribution is 5.20. The fraction of sp³-hybridized carbons (Fsp3) is 0.571. The van der Waals surface area contributed by atoms with Gasteiger partial charge in [-0.1, -0.05) is 12.1 Å². The molecule has 0 fully saturated rings. The first-order valence-electron chi connectivity index (χ1n) is 6.34. The predicted molar refractivity (Wildman–Crippen MR) is 71.4 cm³/mol. The number of nitrogens with two attached hydrogens (primary N) is 1. The van der Waals surface area contributed by atoms with Crippen LogP contribution < -0.4 is 5.73 Å². The van der Waals surface area contributed by atoms with Gasteiger partial charge >= 0.3 is 0 Å². The van der Waals surface area contributed by atoms with E-state index in [0.29, 0.717) is 26.4 Å². The lowest BCUT2D eigenvalue weighted by atomic mass is 10.0. The van der Waals surface area contributed by atoms with Crippen molar-refractivity contribution in [1.29, 1.82) is 0 Å². The summed E-state index contributed by atoms with van der Waals surface area (Å²) in [6.45, 7) is 4.00. The molecule has 0 heterocycles. The Balaban J connectivity index is 2.25. The van der Waals surface area contributed by atoms with Crippen LogP contribution in [0.5, 0.6) is 0 Å². The van der Waals surface area contributed by atoms with Crippen LogP contribution in [0.15, 0.2) is 24.3 Å². The molecule has 0 saturated carbocycles. The average molecular weight is 271 g/mol. The molecule has 2 atom stereocenters. The number of benzene rings is 1. The summed E-state index contributed by atoms with van der Waals surface area (Å²) in [4.78, 5) is 0. The van der Waals surface area contributed by atoms with Crippen LogP contribution in [0, 0.1) is 5.82 Å². The van der Waals surface area contributed by atoms with E-state index >= 15 is 0 Å². The van der Waals surface area contributed by atoms with Crippen LogP contribution in [0.3, 0.4) is 0 Å². The maximum Gasteiger partial charge on any atom is 0.123 e. The molecule has 1 aromatic rings. The molecule has 0 aliphatic heterocycles.